The summed E-state index contributed by atoms with van der Waals surface area (Å²) in [5.41, 5.74) is 1.17. The van der Waals surface area contributed by atoms with Crippen LogP contribution in [0.15, 0.2) is 18.2 Å². The Bertz CT molecular complexity index is 365. The van der Waals surface area contributed by atoms with Gasteiger partial charge in [0.2, 0.25) is 0 Å². The molecule has 1 aromatic carbocycles. The van der Waals surface area contributed by atoms with Crippen molar-refractivity contribution in [1.29, 1.82) is 0 Å². The lowest BCUT2D eigenvalue weighted by atomic mass is 9.92. The Labute approximate surface area is 101 Å². The fourth-order valence-electron chi connectivity index (χ4n) is 2.41. The molecule has 0 spiro atoms. The second kappa shape index (κ2) is 4.32. The lowest BCUT2D eigenvalue weighted by molar-refractivity contribution is 0.575. The van der Waals surface area contributed by atoms with Gasteiger partial charge in [-0.15, -0.1) is 0 Å². The van der Waals surface area contributed by atoms with Crippen molar-refractivity contribution < 1.29 is 0 Å². The molecule has 1 aromatic rings. The Morgan fingerprint density at radius 3 is 2.60 bits per heavy atom. The summed E-state index contributed by atoms with van der Waals surface area (Å²) in [6, 6.07) is 6.74. The normalized spacial score (nSPS) is 30.8. The summed E-state index contributed by atoms with van der Waals surface area (Å²) >= 11 is 12.2. The first-order chi connectivity index (χ1) is 7.08. The monoisotopic (exact) mass is 243 g/mol. The zero-order valence-electron chi connectivity index (χ0n) is 8.93. The average Bonchev–Trinajstić information content (AvgIpc) is 2.50. The summed E-state index contributed by atoms with van der Waals surface area (Å²) in [7, 11) is 0. The highest BCUT2D eigenvalue weighted by atomic mass is 35.5. The smallest absolute Gasteiger partial charge is 0.0442 e. The molecule has 3 unspecified atom stereocenters. The van der Waals surface area contributed by atoms with Crippen LogP contribution in [0.2, 0.25) is 10.0 Å². The molecule has 1 nitrogen and oxygen atoms in total. The van der Waals surface area contributed by atoms with Gasteiger partial charge in [0.15, 0.2) is 0 Å². The Kier molecular flexibility index (Phi) is 3.24. The van der Waals surface area contributed by atoms with Crippen molar-refractivity contribution in [3.05, 3.63) is 33.8 Å². The minimum Gasteiger partial charge on any atom is -0.311 e. The molecule has 0 aliphatic carbocycles. The molecule has 0 bridgehead atoms. The van der Waals surface area contributed by atoms with Crippen LogP contribution in [0.1, 0.15) is 31.7 Å². The third-order valence-electron chi connectivity index (χ3n) is 3.12. The molecule has 0 aromatic heterocycles. The Hall–Kier alpha value is -0.240. The van der Waals surface area contributed by atoms with Crippen molar-refractivity contribution in [2.24, 2.45) is 0 Å². The molecule has 2 rings (SSSR count). The van der Waals surface area contributed by atoms with Crippen molar-refractivity contribution in [2.45, 2.75) is 38.3 Å². The fraction of sp³-hybridized carbons (Fsp3) is 0.500. The highest BCUT2D eigenvalue weighted by Crippen LogP contribution is 2.36. The average molecular weight is 244 g/mol. The largest absolute Gasteiger partial charge is 0.311 e. The van der Waals surface area contributed by atoms with Crippen molar-refractivity contribution in [3.8, 4) is 0 Å². The molecule has 0 amide bonds. The van der Waals surface area contributed by atoms with Gasteiger partial charge < -0.3 is 5.32 Å². The van der Waals surface area contributed by atoms with Crippen LogP contribution in [0.4, 0.5) is 0 Å². The minimum atomic E-state index is 0.468. The second-order valence-electron chi connectivity index (χ2n) is 4.36. The fourth-order valence-corrected chi connectivity index (χ4v) is 2.85. The molecular formula is C12H15Cl2N. The van der Waals surface area contributed by atoms with E-state index in [0.29, 0.717) is 18.0 Å². The summed E-state index contributed by atoms with van der Waals surface area (Å²) in [4.78, 5) is 0. The summed E-state index contributed by atoms with van der Waals surface area (Å²) in [6.07, 6.45) is 1.13. The molecule has 3 heteroatoms. The lowest BCUT2D eigenvalue weighted by Crippen LogP contribution is -2.26. The van der Waals surface area contributed by atoms with Crippen LogP contribution < -0.4 is 5.32 Å². The van der Waals surface area contributed by atoms with Crippen LogP contribution in [-0.4, -0.2) is 12.1 Å². The van der Waals surface area contributed by atoms with E-state index in [0.717, 1.165) is 16.5 Å². The number of benzene rings is 1. The van der Waals surface area contributed by atoms with Crippen LogP contribution >= 0.6 is 23.2 Å². The predicted octanol–water partition coefficient (Wildman–Crippen LogP) is 3.85. The van der Waals surface area contributed by atoms with Gasteiger partial charge in [0.1, 0.15) is 0 Å². The highest BCUT2D eigenvalue weighted by molar-refractivity contribution is 6.33. The van der Waals surface area contributed by atoms with E-state index in [1.807, 2.05) is 18.2 Å². The summed E-state index contributed by atoms with van der Waals surface area (Å²) in [6.45, 7) is 4.40. The molecule has 3 atom stereocenters. The van der Waals surface area contributed by atoms with E-state index in [9.17, 15) is 0 Å². The first-order valence-electron chi connectivity index (χ1n) is 5.29. The minimum absolute atomic E-state index is 0.468. The quantitative estimate of drug-likeness (QED) is 0.791. The standard InChI is InChI=1S/C12H15Cl2N/c1-7-5-10(8(2)15-7)11-6-9(13)3-4-12(11)14/h3-4,6-8,10,15H,5H2,1-2H3. The molecule has 1 aliphatic heterocycles. The summed E-state index contributed by atoms with van der Waals surface area (Å²) < 4.78 is 0. The van der Waals surface area contributed by atoms with E-state index in [-0.39, 0.29) is 0 Å². The number of halogens is 2. The molecule has 0 radical (unpaired) electrons. The van der Waals surface area contributed by atoms with E-state index < -0.39 is 0 Å². The van der Waals surface area contributed by atoms with E-state index in [4.69, 9.17) is 23.2 Å². The van der Waals surface area contributed by atoms with Crippen LogP contribution in [0.3, 0.4) is 0 Å². The topological polar surface area (TPSA) is 12.0 Å². The van der Waals surface area contributed by atoms with Crippen molar-refractivity contribution >= 4 is 23.2 Å². The summed E-state index contributed by atoms with van der Waals surface area (Å²) in [5.74, 6) is 0.478. The van der Waals surface area contributed by atoms with Gasteiger partial charge in [0, 0.05) is 28.0 Å². The third kappa shape index (κ3) is 2.30. The number of hydrogen-bond donors (Lipinski definition) is 1. The highest BCUT2D eigenvalue weighted by Gasteiger charge is 2.30. The molecule has 1 saturated heterocycles. The van der Waals surface area contributed by atoms with Gasteiger partial charge in [-0.1, -0.05) is 23.2 Å². The van der Waals surface area contributed by atoms with Gasteiger partial charge in [-0.25, -0.2) is 0 Å². The first kappa shape index (κ1) is 11.3. The van der Waals surface area contributed by atoms with Crippen LogP contribution in [-0.2, 0) is 0 Å². The van der Waals surface area contributed by atoms with Gasteiger partial charge in [0.25, 0.3) is 0 Å². The van der Waals surface area contributed by atoms with E-state index >= 15 is 0 Å². The van der Waals surface area contributed by atoms with E-state index in [2.05, 4.69) is 19.2 Å². The Balaban J connectivity index is 2.32. The number of hydrogen-bond acceptors (Lipinski definition) is 1. The Morgan fingerprint density at radius 1 is 1.27 bits per heavy atom. The van der Waals surface area contributed by atoms with Gasteiger partial charge in [0.05, 0.1) is 0 Å². The van der Waals surface area contributed by atoms with Crippen molar-refractivity contribution in [3.63, 3.8) is 0 Å². The maximum Gasteiger partial charge on any atom is 0.0442 e. The summed E-state index contributed by atoms with van der Waals surface area (Å²) in [5, 5.41) is 5.10. The molecule has 0 saturated carbocycles. The number of rotatable bonds is 1. The molecule has 1 aliphatic rings. The third-order valence-corrected chi connectivity index (χ3v) is 3.70. The second-order valence-corrected chi connectivity index (χ2v) is 5.21. The molecule has 82 valence electrons. The molecule has 1 heterocycles. The molecule has 1 N–H and O–H groups in total. The zero-order chi connectivity index (χ0) is 11.0. The van der Waals surface area contributed by atoms with Gasteiger partial charge in [-0.05, 0) is 44.0 Å². The van der Waals surface area contributed by atoms with Crippen LogP contribution in [0.25, 0.3) is 0 Å². The van der Waals surface area contributed by atoms with Gasteiger partial charge in [-0.3, -0.25) is 0 Å². The zero-order valence-corrected chi connectivity index (χ0v) is 10.4. The van der Waals surface area contributed by atoms with E-state index in [1.165, 1.54) is 5.56 Å². The van der Waals surface area contributed by atoms with Crippen molar-refractivity contribution in [2.75, 3.05) is 0 Å². The molecule has 15 heavy (non-hydrogen) atoms. The first-order valence-corrected chi connectivity index (χ1v) is 6.04. The molecular weight excluding hydrogens is 229 g/mol. The maximum absolute atomic E-state index is 6.20. The lowest BCUT2D eigenvalue weighted by Gasteiger charge is -2.17. The van der Waals surface area contributed by atoms with Gasteiger partial charge >= 0.3 is 0 Å². The molecule has 1 fully saturated rings. The van der Waals surface area contributed by atoms with Gasteiger partial charge in [-0.2, -0.15) is 0 Å². The maximum atomic E-state index is 6.20. The van der Waals surface area contributed by atoms with Crippen molar-refractivity contribution in [1.82, 2.24) is 5.32 Å². The van der Waals surface area contributed by atoms with E-state index in [1.54, 1.807) is 0 Å². The van der Waals surface area contributed by atoms with Crippen LogP contribution in [0, 0.1) is 0 Å². The SMILES string of the molecule is CC1CC(c2cc(Cl)ccc2Cl)C(C)N1. The van der Waals surface area contributed by atoms with Crippen LogP contribution in [0.5, 0.6) is 0 Å². The number of nitrogens with one attached hydrogen (secondary N) is 1. The Morgan fingerprint density at radius 2 is 2.00 bits per heavy atom. The predicted molar refractivity (Wildman–Crippen MR) is 65.9 cm³/mol.